The van der Waals surface area contributed by atoms with Gasteiger partial charge in [-0.2, -0.15) is 0 Å². The maximum Gasteiger partial charge on any atom is 0.306 e. The van der Waals surface area contributed by atoms with Gasteiger partial charge in [-0.15, -0.1) is 0 Å². The Kier molecular flexibility index (Phi) is 7.60. The van der Waals surface area contributed by atoms with Crippen molar-refractivity contribution in [2.45, 2.75) is 55.3 Å². The molecule has 0 aliphatic carbocycles. The number of rotatable bonds is 2. The van der Waals surface area contributed by atoms with E-state index in [0.717, 1.165) is 18.4 Å². The van der Waals surface area contributed by atoms with Gasteiger partial charge < -0.3 is 9.47 Å². The van der Waals surface area contributed by atoms with Crippen LogP contribution in [0.4, 0.5) is 5.69 Å². The summed E-state index contributed by atoms with van der Waals surface area (Å²) in [4.78, 5) is 24.9. The Bertz CT molecular complexity index is 1190. The summed E-state index contributed by atoms with van der Waals surface area (Å²) >= 11 is 0. The van der Waals surface area contributed by atoms with Crippen LogP contribution in [0.15, 0.2) is 71.6 Å². The minimum absolute atomic E-state index is 0.0105. The molecule has 1 fully saturated rings. The van der Waals surface area contributed by atoms with Crippen LogP contribution in [0.2, 0.25) is 0 Å². The van der Waals surface area contributed by atoms with Crippen LogP contribution in [0, 0.1) is 0 Å². The summed E-state index contributed by atoms with van der Waals surface area (Å²) in [6.07, 6.45) is 3.98. The smallest absolute Gasteiger partial charge is 0.306 e. The highest BCUT2D eigenvalue weighted by molar-refractivity contribution is 7.92. The third kappa shape index (κ3) is 5.59. The second kappa shape index (κ2) is 10.6. The maximum atomic E-state index is 13.6. The zero-order valence-electron chi connectivity index (χ0n) is 19.8. The molecule has 2 aromatic carbocycles. The Labute approximate surface area is 206 Å². The lowest BCUT2D eigenvalue weighted by Gasteiger charge is -2.31. The van der Waals surface area contributed by atoms with Crippen LogP contribution in [-0.4, -0.2) is 40.1 Å². The Morgan fingerprint density at radius 3 is 2.17 bits per heavy atom. The van der Waals surface area contributed by atoms with Gasteiger partial charge in [0.1, 0.15) is 13.2 Å². The third-order valence-electron chi connectivity index (χ3n) is 6.57. The second-order valence-electron chi connectivity index (χ2n) is 9.28. The highest BCUT2D eigenvalue weighted by Gasteiger charge is 2.48. The Morgan fingerprint density at radius 1 is 0.829 bits per heavy atom. The Balaban J connectivity index is 1.70. The standard InChI is InChI=1S/C27H31NO6S/c1-21-17-27(20-34-26(30)16-8-3-2-7-15-25(29)33-18-21)19-28(24-14-10-9-13-23(24)27)35(31,32)22-11-5-4-6-12-22/h4-6,9-14H,1-3,7-8,15-20H2. The number of cyclic esters (lactones) is 2. The first kappa shape index (κ1) is 25.0. The maximum absolute atomic E-state index is 13.6. The number of para-hydroxylation sites is 1. The van der Waals surface area contributed by atoms with Crippen LogP contribution in [-0.2, 0) is 34.5 Å². The van der Waals surface area contributed by atoms with Crippen LogP contribution in [0.1, 0.15) is 50.5 Å². The summed E-state index contributed by atoms with van der Waals surface area (Å²) in [7, 11) is -3.86. The minimum Gasteiger partial charge on any atom is -0.465 e. The summed E-state index contributed by atoms with van der Waals surface area (Å²) in [5.41, 5.74) is 1.11. The molecule has 7 nitrogen and oxygen atoms in total. The van der Waals surface area contributed by atoms with Crippen molar-refractivity contribution in [2.24, 2.45) is 0 Å². The average molecular weight is 498 g/mol. The lowest BCUT2D eigenvalue weighted by Crippen LogP contribution is -2.41. The monoisotopic (exact) mass is 497 g/mol. The van der Waals surface area contributed by atoms with E-state index < -0.39 is 15.4 Å². The van der Waals surface area contributed by atoms with Crippen LogP contribution in [0.25, 0.3) is 0 Å². The van der Waals surface area contributed by atoms with Gasteiger partial charge in [-0.25, -0.2) is 8.42 Å². The number of carbonyl (C=O) groups is 2. The molecule has 2 aliphatic rings. The van der Waals surface area contributed by atoms with Crippen molar-refractivity contribution in [3.8, 4) is 0 Å². The molecule has 4 rings (SSSR count). The number of hydrogen-bond acceptors (Lipinski definition) is 6. The van der Waals surface area contributed by atoms with E-state index in [0.29, 0.717) is 36.9 Å². The highest BCUT2D eigenvalue weighted by atomic mass is 32.2. The van der Waals surface area contributed by atoms with Crippen molar-refractivity contribution in [3.63, 3.8) is 0 Å². The van der Waals surface area contributed by atoms with Crippen molar-refractivity contribution in [1.82, 2.24) is 0 Å². The molecular weight excluding hydrogens is 466 g/mol. The lowest BCUT2D eigenvalue weighted by molar-refractivity contribution is -0.145. The van der Waals surface area contributed by atoms with Gasteiger partial charge in [0.05, 0.1) is 16.0 Å². The summed E-state index contributed by atoms with van der Waals surface area (Å²) < 4.78 is 39.8. The van der Waals surface area contributed by atoms with E-state index in [2.05, 4.69) is 6.58 Å². The van der Waals surface area contributed by atoms with E-state index in [1.165, 1.54) is 4.31 Å². The van der Waals surface area contributed by atoms with Crippen molar-refractivity contribution in [2.75, 3.05) is 24.1 Å². The molecule has 2 aliphatic heterocycles. The summed E-state index contributed by atoms with van der Waals surface area (Å²) in [6.45, 7) is 4.25. The molecule has 2 heterocycles. The van der Waals surface area contributed by atoms with Gasteiger partial charge in [0.15, 0.2) is 0 Å². The Hall–Kier alpha value is -3.13. The summed E-state index contributed by atoms with van der Waals surface area (Å²) in [5.74, 6) is -0.582. The molecule has 0 bridgehead atoms. The fourth-order valence-corrected chi connectivity index (χ4v) is 6.40. The van der Waals surface area contributed by atoms with E-state index in [1.807, 2.05) is 12.1 Å². The van der Waals surface area contributed by atoms with Gasteiger partial charge in [0.25, 0.3) is 10.0 Å². The van der Waals surface area contributed by atoms with Gasteiger partial charge in [0.2, 0.25) is 0 Å². The molecule has 0 amide bonds. The van der Waals surface area contributed by atoms with E-state index in [-0.39, 0.29) is 43.0 Å². The SMILES string of the molecule is C=C1COC(=O)CCCCCCC(=O)OCC2(C1)CN(S(=O)(=O)c1ccccc1)c1ccccc12. The van der Waals surface area contributed by atoms with E-state index >= 15 is 0 Å². The normalized spacial score (nSPS) is 22.6. The molecular formula is C27H31NO6S. The van der Waals surface area contributed by atoms with Gasteiger partial charge in [-0.3, -0.25) is 13.9 Å². The molecule has 0 aromatic heterocycles. The number of fused-ring (bicyclic) bond motifs is 2. The van der Waals surface area contributed by atoms with Gasteiger partial charge in [0, 0.05) is 19.4 Å². The molecule has 8 heteroatoms. The third-order valence-corrected chi connectivity index (χ3v) is 8.34. The zero-order chi connectivity index (χ0) is 24.9. The van der Waals surface area contributed by atoms with Crippen LogP contribution in [0.3, 0.4) is 0 Å². The molecule has 0 saturated carbocycles. The highest BCUT2D eigenvalue weighted by Crippen LogP contribution is 2.46. The van der Waals surface area contributed by atoms with E-state index in [1.54, 1.807) is 42.5 Å². The predicted octanol–water partition coefficient (Wildman–Crippen LogP) is 4.52. The fourth-order valence-electron chi connectivity index (χ4n) is 4.81. The van der Waals surface area contributed by atoms with Crippen molar-refractivity contribution in [1.29, 1.82) is 0 Å². The number of esters is 2. The molecule has 0 N–H and O–H groups in total. The molecule has 1 saturated heterocycles. The lowest BCUT2D eigenvalue weighted by atomic mass is 9.78. The summed E-state index contributed by atoms with van der Waals surface area (Å²) in [6, 6.07) is 15.6. The van der Waals surface area contributed by atoms with Gasteiger partial charge >= 0.3 is 11.9 Å². The number of carbonyl (C=O) groups excluding carboxylic acids is 2. The van der Waals surface area contributed by atoms with Gasteiger partial charge in [-0.05, 0) is 48.6 Å². The van der Waals surface area contributed by atoms with Crippen LogP contribution in [0.5, 0.6) is 0 Å². The topological polar surface area (TPSA) is 90.0 Å². The molecule has 2 aromatic rings. The first-order valence-electron chi connectivity index (χ1n) is 12.0. The first-order valence-corrected chi connectivity index (χ1v) is 13.4. The number of benzene rings is 2. The van der Waals surface area contributed by atoms with Crippen LogP contribution < -0.4 is 4.31 Å². The second-order valence-corrected chi connectivity index (χ2v) is 11.1. The first-order chi connectivity index (χ1) is 16.8. The predicted molar refractivity (Wildman–Crippen MR) is 132 cm³/mol. The minimum atomic E-state index is -3.86. The molecule has 35 heavy (non-hydrogen) atoms. The molecule has 1 unspecified atom stereocenters. The van der Waals surface area contributed by atoms with Crippen molar-refractivity contribution in [3.05, 3.63) is 72.3 Å². The number of sulfonamides is 1. The number of ether oxygens (including phenoxy) is 2. The molecule has 0 radical (unpaired) electrons. The Morgan fingerprint density at radius 2 is 1.46 bits per heavy atom. The molecule has 1 atom stereocenters. The van der Waals surface area contributed by atoms with Crippen LogP contribution >= 0.6 is 0 Å². The number of hydrogen-bond donors (Lipinski definition) is 0. The average Bonchev–Trinajstić information content (AvgIpc) is 3.19. The van der Waals surface area contributed by atoms with E-state index in [4.69, 9.17) is 9.47 Å². The number of anilines is 1. The fraction of sp³-hybridized carbons (Fsp3) is 0.407. The largest absolute Gasteiger partial charge is 0.465 e. The zero-order valence-corrected chi connectivity index (χ0v) is 20.6. The van der Waals surface area contributed by atoms with Crippen molar-refractivity contribution >= 4 is 27.6 Å². The molecule has 186 valence electrons. The number of nitrogens with zero attached hydrogens (tertiary/aromatic N) is 1. The van der Waals surface area contributed by atoms with Gasteiger partial charge in [-0.1, -0.05) is 55.8 Å². The van der Waals surface area contributed by atoms with E-state index in [9.17, 15) is 18.0 Å². The van der Waals surface area contributed by atoms with Crippen molar-refractivity contribution < 1.29 is 27.5 Å². The molecule has 1 spiro atoms. The quantitative estimate of drug-likeness (QED) is 0.448. The summed E-state index contributed by atoms with van der Waals surface area (Å²) in [5, 5.41) is 0.